The number of fused-ring (bicyclic) bond motifs is 1. The van der Waals surface area contributed by atoms with Gasteiger partial charge in [0.25, 0.3) is 0 Å². The Labute approximate surface area is 176 Å². The average Bonchev–Trinajstić information content (AvgIpc) is 3.14. The number of nitrogens with zero attached hydrogens (tertiary/aromatic N) is 1. The van der Waals surface area contributed by atoms with E-state index in [1.54, 1.807) is 7.05 Å². The molecular weight excluding hydrogens is 382 g/mol. The van der Waals surface area contributed by atoms with Crippen molar-refractivity contribution in [3.63, 3.8) is 0 Å². The first kappa shape index (κ1) is 19.9. The number of hydrogen-bond donors (Lipinski definition) is 2. The van der Waals surface area contributed by atoms with Crippen LogP contribution < -0.4 is 10.6 Å². The lowest BCUT2D eigenvalue weighted by molar-refractivity contribution is -0.125. The third kappa shape index (κ3) is 4.78. The Balaban J connectivity index is 1.42. The summed E-state index contributed by atoms with van der Waals surface area (Å²) in [5, 5.41) is 9.70. The van der Waals surface area contributed by atoms with Crippen molar-refractivity contribution in [3.05, 3.63) is 82.9 Å². The summed E-state index contributed by atoms with van der Waals surface area (Å²) in [6.07, 6.45) is 0.799. The molecule has 3 aromatic rings. The lowest BCUT2D eigenvalue weighted by Crippen LogP contribution is -2.41. The number of likely N-dealkylation sites (N-methyl/N-ethyl adjacent to an activating group) is 1. The second-order valence-electron chi connectivity index (χ2n) is 7.68. The molecule has 1 saturated heterocycles. The van der Waals surface area contributed by atoms with E-state index in [4.69, 9.17) is 11.6 Å². The fraction of sp³-hybridized carbons (Fsp3) is 0.292. The normalized spacial score (nSPS) is 19.5. The van der Waals surface area contributed by atoms with Crippen LogP contribution >= 0.6 is 11.6 Å². The molecule has 0 radical (unpaired) electrons. The molecule has 3 aromatic carbocycles. The van der Waals surface area contributed by atoms with Crippen LogP contribution in [-0.2, 0) is 17.9 Å². The molecule has 0 aromatic heterocycles. The van der Waals surface area contributed by atoms with Gasteiger partial charge in [-0.3, -0.25) is 9.69 Å². The smallest absolute Gasteiger partial charge is 0.237 e. The van der Waals surface area contributed by atoms with Crippen LogP contribution in [0.25, 0.3) is 10.8 Å². The molecule has 2 N–H and O–H groups in total. The zero-order valence-electron chi connectivity index (χ0n) is 16.6. The molecule has 4 rings (SSSR count). The molecule has 1 fully saturated rings. The molecule has 1 heterocycles. The topological polar surface area (TPSA) is 44.4 Å². The lowest BCUT2D eigenvalue weighted by Gasteiger charge is -2.23. The number of nitrogens with one attached hydrogen (secondary N) is 2. The van der Waals surface area contributed by atoms with Gasteiger partial charge in [-0.15, -0.1) is 0 Å². The third-order valence-corrected chi connectivity index (χ3v) is 5.87. The molecule has 0 spiro atoms. The number of halogens is 1. The molecule has 0 aliphatic carbocycles. The van der Waals surface area contributed by atoms with Crippen LogP contribution in [0.4, 0.5) is 0 Å². The van der Waals surface area contributed by atoms with E-state index in [9.17, 15) is 4.79 Å². The summed E-state index contributed by atoms with van der Waals surface area (Å²) < 4.78 is 0. The zero-order chi connectivity index (χ0) is 20.2. The zero-order valence-corrected chi connectivity index (χ0v) is 17.3. The first-order valence-electron chi connectivity index (χ1n) is 10.0. The first-order valence-corrected chi connectivity index (χ1v) is 10.4. The van der Waals surface area contributed by atoms with Crippen LogP contribution in [0.3, 0.4) is 0 Å². The SMILES string of the molecule is CNC(=O)[C@@H]1C[C@H](NCc2ccc3ccccc3c2)CN1Cc1cccc(Cl)c1. The van der Waals surface area contributed by atoms with Crippen LogP contribution in [0.2, 0.25) is 5.02 Å². The van der Waals surface area contributed by atoms with E-state index in [2.05, 4.69) is 64.1 Å². The highest BCUT2D eigenvalue weighted by Gasteiger charge is 2.36. The summed E-state index contributed by atoms with van der Waals surface area (Å²) in [6.45, 7) is 2.34. The summed E-state index contributed by atoms with van der Waals surface area (Å²) in [5.41, 5.74) is 2.38. The molecule has 0 unspecified atom stereocenters. The molecule has 1 aliphatic heterocycles. The lowest BCUT2D eigenvalue weighted by atomic mass is 10.1. The number of carbonyl (C=O) groups is 1. The van der Waals surface area contributed by atoms with Gasteiger partial charge in [-0.1, -0.05) is 60.1 Å². The van der Waals surface area contributed by atoms with Crippen molar-refractivity contribution >= 4 is 28.3 Å². The summed E-state index contributed by atoms with van der Waals surface area (Å²) in [7, 11) is 1.70. The van der Waals surface area contributed by atoms with E-state index in [0.717, 1.165) is 30.1 Å². The van der Waals surface area contributed by atoms with Crippen LogP contribution in [0.5, 0.6) is 0 Å². The third-order valence-electron chi connectivity index (χ3n) is 5.64. The maximum atomic E-state index is 12.4. The molecule has 1 aliphatic rings. The van der Waals surface area contributed by atoms with Crippen LogP contribution in [0, 0.1) is 0 Å². The van der Waals surface area contributed by atoms with Crippen LogP contribution in [-0.4, -0.2) is 36.5 Å². The van der Waals surface area contributed by atoms with E-state index in [1.165, 1.54) is 16.3 Å². The molecule has 0 saturated carbocycles. The minimum Gasteiger partial charge on any atom is -0.358 e. The van der Waals surface area contributed by atoms with E-state index >= 15 is 0 Å². The number of likely N-dealkylation sites (tertiary alicyclic amines) is 1. The van der Waals surface area contributed by atoms with Crippen molar-refractivity contribution in [3.8, 4) is 0 Å². The van der Waals surface area contributed by atoms with Crippen molar-refractivity contribution in [2.24, 2.45) is 0 Å². The number of rotatable bonds is 6. The monoisotopic (exact) mass is 407 g/mol. The summed E-state index contributed by atoms with van der Waals surface area (Å²) in [5.74, 6) is 0.0713. The molecule has 2 atom stereocenters. The average molecular weight is 408 g/mol. The molecule has 0 bridgehead atoms. The van der Waals surface area contributed by atoms with Crippen molar-refractivity contribution in [1.82, 2.24) is 15.5 Å². The van der Waals surface area contributed by atoms with Crippen molar-refractivity contribution in [2.45, 2.75) is 31.6 Å². The maximum Gasteiger partial charge on any atom is 0.237 e. The Morgan fingerprint density at radius 2 is 1.86 bits per heavy atom. The van der Waals surface area contributed by atoms with Crippen molar-refractivity contribution < 1.29 is 4.79 Å². The van der Waals surface area contributed by atoms with Gasteiger partial charge in [-0.25, -0.2) is 0 Å². The highest BCUT2D eigenvalue weighted by molar-refractivity contribution is 6.30. The minimum atomic E-state index is -0.131. The molecule has 5 heteroatoms. The first-order chi connectivity index (χ1) is 14.1. The van der Waals surface area contributed by atoms with Gasteiger partial charge in [0.05, 0.1) is 6.04 Å². The largest absolute Gasteiger partial charge is 0.358 e. The van der Waals surface area contributed by atoms with Crippen molar-refractivity contribution in [1.29, 1.82) is 0 Å². The van der Waals surface area contributed by atoms with Gasteiger partial charge in [0, 0.05) is 37.7 Å². The Bertz CT molecular complexity index is 1010. The Morgan fingerprint density at radius 3 is 2.66 bits per heavy atom. The highest BCUT2D eigenvalue weighted by atomic mass is 35.5. The Kier molecular flexibility index (Phi) is 6.14. The Morgan fingerprint density at radius 1 is 1.03 bits per heavy atom. The van der Waals surface area contributed by atoms with Gasteiger partial charge in [0.15, 0.2) is 0 Å². The van der Waals surface area contributed by atoms with Gasteiger partial charge in [0.2, 0.25) is 5.91 Å². The minimum absolute atomic E-state index is 0.0713. The van der Waals surface area contributed by atoms with Gasteiger partial charge >= 0.3 is 0 Å². The van der Waals surface area contributed by atoms with E-state index in [1.807, 2.05) is 18.2 Å². The predicted molar refractivity (Wildman–Crippen MR) is 119 cm³/mol. The Hall–Kier alpha value is -2.40. The van der Waals surface area contributed by atoms with E-state index in [0.29, 0.717) is 6.54 Å². The fourth-order valence-corrected chi connectivity index (χ4v) is 4.36. The standard InChI is InChI=1S/C24H26ClN3O/c1-26-24(29)23-13-22(16-28(23)15-18-5-4-8-21(25)12-18)27-14-17-9-10-19-6-2-3-7-20(19)11-17/h2-12,22-23,27H,13-16H2,1H3,(H,26,29)/t22-,23-/m0/s1. The number of carbonyl (C=O) groups excluding carboxylic acids is 1. The molecule has 4 nitrogen and oxygen atoms in total. The van der Waals surface area contributed by atoms with Crippen LogP contribution in [0.15, 0.2) is 66.7 Å². The van der Waals surface area contributed by atoms with Crippen LogP contribution in [0.1, 0.15) is 17.5 Å². The van der Waals surface area contributed by atoms with Crippen molar-refractivity contribution in [2.75, 3.05) is 13.6 Å². The number of benzene rings is 3. The molecular formula is C24H26ClN3O. The van der Waals surface area contributed by atoms with Gasteiger partial charge in [-0.05, 0) is 46.5 Å². The second kappa shape index (κ2) is 8.95. The van der Waals surface area contributed by atoms with Gasteiger partial charge in [0.1, 0.15) is 0 Å². The quantitative estimate of drug-likeness (QED) is 0.649. The number of amides is 1. The van der Waals surface area contributed by atoms with Gasteiger partial charge in [-0.2, -0.15) is 0 Å². The van der Waals surface area contributed by atoms with E-state index < -0.39 is 0 Å². The summed E-state index contributed by atoms with van der Waals surface area (Å²) in [4.78, 5) is 14.7. The maximum absolute atomic E-state index is 12.4. The van der Waals surface area contributed by atoms with Gasteiger partial charge < -0.3 is 10.6 Å². The van der Waals surface area contributed by atoms with E-state index in [-0.39, 0.29) is 18.0 Å². The highest BCUT2D eigenvalue weighted by Crippen LogP contribution is 2.23. The summed E-state index contributed by atoms with van der Waals surface area (Å²) >= 11 is 6.13. The molecule has 1 amide bonds. The second-order valence-corrected chi connectivity index (χ2v) is 8.12. The molecule has 29 heavy (non-hydrogen) atoms. The molecule has 150 valence electrons. The fourth-order valence-electron chi connectivity index (χ4n) is 4.15. The number of hydrogen-bond acceptors (Lipinski definition) is 3. The summed E-state index contributed by atoms with van der Waals surface area (Å²) in [6, 6.07) is 23.0. The predicted octanol–water partition coefficient (Wildman–Crippen LogP) is 3.97.